The van der Waals surface area contributed by atoms with Crippen molar-refractivity contribution < 1.29 is 14.3 Å². The van der Waals surface area contributed by atoms with Gasteiger partial charge in [-0.1, -0.05) is 6.07 Å². The van der Waals surface area contributed by atoms with Gasteiger partial charge in [-0.05, 0) is 61.1 Å². The summed E-state index contributed by atoms with van der Waals surface area (Å²) in [5.74, 6) is -0.404. The fraction of sp³-hybridized carbons (Fsp3) is 0.350. The fourth-order valence-corrected chi connectivity index (χ4v) is 3.91. The third kappa shape index (κ3) is 2.69. The Morgan fingerprint density at radius 1 is 1.20 bits per heavy atom. The number of pyridine rings is 1. The molecule has 128 valence electrons. The van der Waals surface area contributed by atoms with Crippen molar-refractivity contribution in [2.24, 2.45) is 0 Å². The summed E-state index contributed by atoms with van der Waals surface area (Å²) in [4.78, 5) is 31.2. The van der Waals surface area contributed by atoms with Crippen molar-refractivity contribution in [2.45, 2.75) is 31.6 Å². The van der Waals surface area contributed by atoms with Crippen molar-refractivity contribution >= 4 is 17.6 Å². The van der Waals surface area contributed by atoms with Crippen LogP contribution in [0.15, 0.2) is 36.5 Å². The van der Waals surface area contributed by atoms with Gasteiger partial charge in [0.25, 0.3) is 0 Å². The van der Waals surface area contributed by atoms with Crippen LogP contribution in [0.25, 0.3) is 0 Å². The average molecular weight is 336 g/mol. The first-order valence-electron chi connectivity index (χ1n) is 8.65. The number of nitrogens with zero attached hydrogens (tertiary/aromatic N) is 2. The molecule has 1 atom stereocenters. The predicted octanol–water partition coefficient (Wildman–Crippen LogP) is 2.88. The van der Waals surface area contributed by atoms with Crippen LogP contribution in [0.3, 0.4) is 0 Å². The molecule has 0 radical (unpaired) electrons. The summed E-state index contributed by atoms with van der Waals surface area (Å²) in [5.41, 5.74) is 4.57. The monoisotopic (exact) mass is 336 g/mol. The van der Waals surface area contributed by atoms with Gasteiger partial charge in [0.15, 0.2) is 0 Å². The van der Waals surface area contributed by atoms with Gasteiger partial charge in [-0.25, -0.2) is 4.79 Å². The summed E-state index contributed by atoms with van der Waals surface area (Å²) in [7, 11) is 1.37. The van der Waals surface area contributed by atoms with E-state index in [0.29, 0.717) is 12.1 Å². The number of methoxy groups -OCH3 is 1. The summed E-state index contributed by atoms with van der Waals surface area (Å²) in [5, 5.41) is 0. The molecule has 2 aromatic rings. The van der Waals surface area contributed by atoms with Gasteiger partial charge in [0, 0.05) is 18.4 Å². The number of esters is 1. The SMILES string of the molecule is COC(=O)c1ccc2c(c1)CCN2C(=O)C1CCCc2cccnc21. The second-order valence-corrected chi connectivity index (χ2v) is 6.57. The quantitative estimate of drug-likeness (QED) is 0.791. The summed E-state index contributed by atoms with van der Waals surface area (Å²) < 4.78 is 4.78. The van der Waals surface area contributed by atoms with Gasteiger partial charge in [0.2, 0.25) is 5.91 Å². The first-order valence-corrected chi connectivity index (χ1v) is 8.65. The topological polar surface area (TPSA) is 59.5 Å². The van der Waals surface area contributed by atoms with Gasteiger partial charge < -0.3 is 9.64 Å². The van der Waals surface area contributed by atoms with Gasteiger partial charge in [-0.2, -0.15) is 0 Å². The van der Waals surface area contributed by atoms with Crippen LogP contribution in [0.4, 0.5) is 5.69 Å². The van der Waals surface area contributed by atoms with Crippen LogP contribution in [0.1, 0.15) is 45.9 Å². The molecule has 1 aromatic carbocycles. The molecule has 5 nitrogen and oxygen atoms in total. The van der Waals surface area contributed by atoms with Crippen molar-refractivity contribution in [3.8, 4) is 0 Å². The number of hydrogen-bond acceptors (Lipinski definition) is 4. The lowest BCUT2D eigenvalue weighted by molar-refractivity contribution is -0.120. The van der Waals surface area contributed by atoms with Crippen molar-refractivity contribution in [3.05, 3.63) is 58.9 Å². The number of hydrogen-bond donors (Lipinski definition) is 0. The molecule has 2 aliphatic rings. The van der Waals surface area contributed by atoms with Crippen molar-refractivity contribution in [1.82, 2.24) is 4.98 Å². The summed E-state index contributed by atoms with van der Waals surface area (Å²) >= 11 is 0. The van der Waals surface area contributed by atoms with Crippen molar-refractivity contribution in [3.63, 3.8) is 0 Å². The van der Waals surface area contributed by atoms with Crippen LogP contribution < -0.4 is 4.90 Å². The standard InChI is InChI=1S/C20H20N2O3/c1-25-20(24)15-7-8-17-14(12-15)9-11-22(17)19(23)16-6-2-4-13-5-3-10-21-18(13)16/h3,5,7-8,10,12,16H,2,4,6,9,11H2,1H3. The molecule has 1 amide bonds. The smallest absolute Gasteiger partial charge is 0.337 e. The number of anilines is 1. The summed E-state index contributed by atoms with van der Waals surface area (Å²) in [6, 6.07) is 9.42. The number of ether oxygens (including phenoxy) is 1. The van der Waals surface area contributed by atoms with Gasteiger partial charge in [0.05, 0.1) is 24.3 Å². The molecule has 1 aromatic heterocycles. The Labute approximate surface area is 146 Å². The molecule has 0 spiro atoms. The highest BCUT2D eigenvalue weighted by Crippen LogP contribution is 2.36. The van der Waals surface area contributed by atoms with E-state index in [0.717, 1.165) is 42.6 Å². The number of aryl methyl sites for hydroxylation is 1. The average Bonchev–Trinajstić information content (AvgIpc) is 3.09. The largest absolute Gasteiger partial charge is 0.465 e. The van der Waals surface area contributed by atoms with E-state index in [-0.39, 0.29) is 17.8 Å². The molecule has 4 rings (SSSR count). The van der Waals surface area contributed by atoms with Gasteiger partial charge in [-0.3, -0.25) is 9.78 Å². The molecule has 2 heterocycles. The maximum atomic E-state index is 13.2. The zero-order chi connectivity index (χ0) is 17.4. The molecule has 25 heavy (non-hydrogen) atoms. The highest BCUT2D eigenvalue weighted by Gasteiger charge is 2.34. The van der Waals surface area contributed by atoms with E-state index in [1.54, 1.807) is 12.3 Å². The van der Waals surface area contributed by atoms with Crippen molar-refractivity contribution in [2.75, 3.05) is 18.6 Å². The van der Waals surface area contributed by atoms with E-state index in [2.05, 4.69) is 11.1 Å². The Balaban J connectivity index is 1.63. The lowest BCUT2D eigenvalue weighted by Crippen LogP contribution is -2.35. The number of benzene rings is 1. The van der Waals surface area contributed by atoms with E-state index >= 15 is 0 Å². The zero-order valence-corrected chi connectivity index (χ0v) is 14.2. The third-order valence-corrected chi connectivity index (χ3v) is 5.16. The third-order valence-electron chi connectivity index (χ3n) is 5.16. The predicted molar refractivity (Wildman–Crippen MR) is 93.8 cm³/mol. The Morgan fingerprint density at radius 3 is 2.92 bits per heavy atom. The molecular formula is C20H20N2O3. The van der Waals surface area contributed by atoms with Gasteiger partial charge >= 0.3 is 5.97 Å². The van der Waals surface area contributed by atoms with Crippen molar-refractivity contribution in [1.29, 1.82) is 0 Å². The lowest BCUT2D eigenvalue weighted by atomic mass is 9.85. The molecule has 1 unspecified atom stereocenters. The maximum Gasteiger partial charge on any atom is 0.337 e. The van der Waals surface area contributed by atoms with E-state index in [4.69, 9.17) is 4.74 Å². The van der Waals surface area contributed by atoms with Crippen LogP contribution in [0.2, 0.25) is 0 Å². The molecule has 1 aliphatic carbocycles. The second kappa shape index (κ2) is 6.31. The minimum absolute atomic E-state index is 0.115. The van der Waals surface area contributed by atoms with E-state index < -0.39 is 0 Å². The van der Waals surface area contributed by atoms with Crippen LogP contribution in [0.5, 0.6) is 0 Å². The van der Waals surface area contributed by atoms with E-state index in [1.165, 1.54) is 12.7 Å². The number of fused-ring (bicyclic) bond motifs is 2. The number of carbonyl (C=O) groups is 2. The zero-order valence-electron chi connectivity index (χ0n) is 14.2. The summed E-state index contributed by atoms with van der Waals surface area (Å²) in [6.45, 7) is 0.650. The van der Waals surface area contributed by atoms with Crippen LogP contribution in [-0.2, 0) is 22.4 Å². The van der Waals surface area contributed by atoms with E-state index in [9.17, 15) is 9.59 Å². The van der Waals surface area contributed by atoms with Crippen LogP contribution in [0, 0.1) is 0 Å². The second-order valence-electron chi connectivity index (χ2n) is 6.57. The van der Waals surface area contributed by atoms with Crippen LogP contribution >= 0.6 is 0 Å². The Bertz CT molecular complexity index is 847. The molecule has 0 fully saturated rings. The number of rotatable bonds is 2. The first kappa shape index (κ1) is 15.8. The molecule has 0 saturated heterocycles. The van der Waals surface area contributed by atoms with Gasteiger partial charge in [-0.15, -0.1) is 0 Å². The highest BCUT2D eigenvalue weighted by atomic mass is 16.5. The minimum atomic E-state index is -0.349. The molecule has 1 aliphatic heterocycles. The highest BCUT2D eigenvalue weighted by molar-refractivity contribution is 6.00. The Hall–Kier alpha value is -2.69. The minimum Gasteiger partial charge on any atom is -0.465 e. The summed E-state index contributed by atoms with van der Waals surface area (Å²) in [6.07, 6.45) is 5.37. The van der Waals surface area contributed by atoms with E-state index in [1.807, 2.05) is 23.1 Å². The number of amides is 1. The number of carbonyl (C=O) groups excluding carboxylic acids is 2. The van der Waals surface area contributed by atoms with Gasteiger partial charge in [0.1, 0.15) is 0 Å². The number of aromatic nitrogens is 1. The lowest BCUT2D eigenvalue weighted by Gasteiger charge is -2.28. The Kier molecular flexibility index (Phi) is 3.99. The normalized spacial score (nSPS) is 18.4. The Morgan fingerprint density at radius 2 is 2.08 bits per heavy atom. The maximum absolute atomic E-state index is 13.2. The molecule has 0 N–H and O–H groups in total. The van der Waals surface area contributed by atoms with Crippen LogP contribution in [-0.4, -0.2) is 30.5 Å². The molecular weight excluding hydrogens is 316 g/mol. The molecule has 5 heteroatoms. The molecule has 0 saturated carbocycles. The molecule has 0 bridgehead atoms. The fourth-order valence-electron chi connectivity index (χ4n) is 3.91. The first-order chi connectivity index (χ1) is 12.2.